The molecular formula is C13H16F3N3O4S. The molecule has 2 rings (SSSR count). The summed E-state index contributed by atoms with van der Waals surface area (Å²) in [6, 6.07) is 3.00. The van der Waals surface area contributed by atoms with E-state index in [-0.39, 0.29) is 35.4 Å². The Kier molecular flexibility index (Phi) is 5.04. The van der Waals surface area contributed by atoms with E-state index in [0.717, 1.165) is 18.4 Å². The number of likely N-dealkylation sites (tertiary alicyclic amines) is 1. The highest BCUT2D eigenvalue weighted by atomic mass is 32.2. The summed E-state index contributed by atoms with van der Waals surface area (Å²) in [7, 11) is -3.73. The summed E-state index contributed by atoms with van der Waals surface area (Å²) in [6.07, 6.45) is -2.96. The predicted octanol–water partition coefficient (Wildman–Crippen LogP) is 2.05. The van der Waals surface area contributed by atoms with Crippen LogP contribution in [0.4, 0.5) is 24.5 Å². The Morgan fingerprint density at radius 3 is 2.62 bits per heavy atom. The van der Waals surface area contributed by atoms with Gasteiger partial charge < -0.3 is 5.32 Å². The predicted molar refractivity (Wildman–Crippen MR) is 80.7 cm³/mol. The normalized spacial score (nSPS) is 19.4. The maximum atomic E-state index is 12.4. The fourth-order valence-corrected chi connectivity index (χ4v) is 3.48. The largest absolute Gasteiger partial charge is 0.401 e. The van der Waals surface area contributed by atoms with Crippen molar-refractivity contribution >= 4 is 21.2 Å². The molecule has 1 aliphatic heterocycles. The Balaban J connectivity index is 2.17. The molecule has 1 N–H and O–H groups in total. The first-order valence-corrected chi connectivity index (χ1v) is 8.89. The first-order valence-electron chi connectivity index (χ1n) is 7.00. The van der Waals surface area contributed by atoms with E-state index in [2.05, 4.69) is 5.32 Å². The minimum absolute atomic E-state index is 0.111. The SMILES string of the molecule is CS(=O)(=O)c1cc([N+](=O)[O-])ccc1NC1CCN(CC(F)(F)F)C1. The maximum absolute atomic E-state index is 12.4. The van der Waals surface area contributed by atoms with Crippen LogP contribution >= 0.6 is 0 Å². The number of nitro groups is 1. The van der Waals surface area contributed by atoms with Crippen LogP contribution in [-0.2, 0) is 9.84 Å². The van der Waals surface area contributed by atoms with Crippen LogP contribution in [0.25, 0.3) is 0 Å². The molecule has 1 saturated heterocycles. The van der Waals surface area contributed by atoms with Crippen LogP contribution in [0.1, 0.15) is 6.42 Å². The number of nitrogens with zero attached hydrogens (tertiary/aromatic N) is 2. The van der Waals surface area contributed by atoms with Crippen molar-refractivity contribution in [3.63, 3.8) is 0 Å². The number of nitro benzene ring substituents is 1. The van der Waals surface area contributed by atoms with Crippen molar-refractivity contribution in [1.82, 2.24) is 4.90 Å². The lowest BCUT2D eigenvalue weighted by atomic mass is 10.2. The molecule has 1 heterocycles. The van der Waals surface area contributed by atoms with Crippen molar-refractivity contribution in [3.8, 4) is 0 Å². The second-order valence-corrected chi connectivity index (χ2v) is 7.67. The van der Waals surface area contributed by atoms with Crippen LogP contribution in [0, 0.1) is 10.1 Å². The van der Waals surface area contributed by atoms with E-state index in [0.29, 0.717) is 6.42 Å². The van der Waals surface area contributed by atoms with Gasteiger partial charge in [-0.2, -0.15) is 13.2 Å². The summed E-state index contributed by atoms with van der Waals surface area (Å²) in [6.45, 7) is -0.678. The Hall–Kier alpha value is -1.88. The molecule has 1 aromatic carbocycles. The van der Waals surface area contributed by atoms with Gasteiger partial charge in [0, 0.05) is 37.5 Å². The van der Waals surface area contributed by atoms with Crippen LogP contribution < -0.4 is 5.32 Å². The van der Waals surface area contributed by atoms with Gasteiger partial charge in [0.25, 0.3) is 5.69 Å². The lowest BCUT2D eigenvalue weighted by molar-refractivity contribution is -0.385. The van der Waals surface area contributed by atoms with Crippen molar-refractivity contribution in [3.05, 3.63) is 28.3 Å². The number of rotatable bonds is 5. The van der Waals surface area contributed by atoms with Crippen molar-refractivity contribution < 1.29 is 26.5 Å². The molecule has 0 aliphatic carbocycles. The molecule has 7 nitrogen and oxygen atoms in total. The van der Waals surface area contributed by atoms with Gasteiger partial charge in [-0.3, -0.25) is 15.0 Å². The first kappa shape index (κ1) is 18.5. The van der Waals surface area contributed by atoms with E-state index >= 15 is 0 Å². The highest BCUT2D eigenvalue weighted by Crippen LogP contribution is 2.28. The monoisotopic (exact) mass is 367 g/mol. The Bertz CT molecular complexity index is 736. The van der Waals surface area contributed by atoms with Crippen LogP contribution in [0.3, 0.4) is 0 Å². The van der Waals surface area contributed by atoms with Crippen LogP contribution in [0.5, 0.6) is 0 Å². The van der Waals surface area contributed by atoms with Crippen molar-refractivity contribution in [2.45, 2.75) is 23.5 Å². The van der Waals surface area contributed by atoms with E-state index in [1.807, 2.05) is 0 Å². The second-order valence-electron chi connectivity index (χ2n) is 5.69. The molecule has 0 aromatic heterocycles. The number of anilines is 1. The summed E-state index contributed by atoms with van der Waals surface area (Å²) in [5.74, 6) is 0. The number of hydrogen-bond donors (Lipinski definition) is 1. The fourth-order valence-electron chi connectivity index (χ4n) is 2.62. The van der Waals surface area contributed by atoms with Gasteiger partial charge in [0.2, 0.25) is 0 Å². The lowest BCUT2D eigenvalue weighted by Gasteiger charge is -2.19. The van der Waals surface area contributed by atoms with Crippen LogP contribution in [0.2, 0.25) is 0 Å². The summed E-state index contributed by atoms with van der Waals surface area (Å²) in [5, 5.41) is 13.7. The summed E-state index contributed by atoms with van der Waals surface area (Å²) in [4.78, 5) is 11.1. The van der Waals surface area contributed by atoms with Gasteiger partial charge in [0.05, 0.1) is 22.1 Å². The molecule has 0 spiro atoms. The van der Waals surface area contributed by atoms with Gasteiger partial charge in [-0.05, 0) is 12.5 Å². The Labute approximate surface area is 136 Å². The van der Waals surface area contributed by atoms with E-state index in [4.69, 9.17) is 0 Å². The zero-order valence-corrected chi connectivity index (χ0v) is 13.5. The summed E-state index contributed by atoms with van der Waals surface area (Å²) in [5.41, 5.74) is -0.215. The zero-order valence-electron chi connectivity index (χ0n) is 12.7. The number of hydrogen-bond acceptors (Lipinski definition) is 6. The maximum Gasteiger partial charge on any atom is 0.401 e. The molecular weight excluding hydrogens is 351 g/mol. The van der Waals surface area contributed by atoms with E-state index in [1.165, 1.54) is 11.0 Å². The van der Waals surface area contributed by atoms with Gasteiger partial charge in [-0.25, -0.2) is 8.42 Å². The van der Waals surface area contributed by atoms with Gasteiger partial charge in [0.1, 0.15) is 0 Å². The molecule has 24 heavy (non-hydrogen) atoms. The lowest BCUT2D eigenvalue weighted by Crippen LogP contribution is -2.34. The number of alkyl halides is 3. The van der Waals surface area contributed by atoms with Crippen molar-refractivity contribution in [2.75, 3.05) is 31.2 Å². The summed E-state index contributed by atoms with van der Waals surface area (Å²) < 4.78 is 60.9. The van der Waals surface area contributed by atoms with E-state index < -0.39 is 27.5 Å². The molecule has 11 heteroatoms. The average Bonchev–Trinajstić information content (AvgIpc) is 2.82. The fraction of sp³-hybridized carbons (Fsp3) is 0.538. The first-order chi connectivity index (χ1) is 11.0. The van der Waals surface area contributed by atoms with Gasteiger partial charge >= 0.3 is 6.18 Å². The quantitative estimate of drug-likeness (QED) is 0.632. The second kappa shape index (κ2) is 6.55. The molecule has 0 amide bonds. The molecule has 1 unspecified atom stereocenters. The zero-order chi connectivity index (χ0) is 18.1. The highest BCUT2D eigenvalue weighted by molar-refractivity contribution is 7.90. The molecule has 0 bridgehead atoms. The third-order valence-corrected chi connectivity index (χ3v) is 4.75. The van der Waals surface area contributed by atoms with Gasteiger partial charge in [-0.1, -0.05) is 0 Å². The van der Waals surface area contributed by atoms with E-state index in [9.17, 15) is 31.7 Å². The molecule has 0 saturated carbocycles. The third-order valence-electron chi connectivity index (χ3n) is 3.61. The standard InChI is InChI=1S/C13H16F3N3O4S/c1-24(22,23)12-6-10(19(20)21)2-3-11(12)17-9-4-5-18(7-9)8-13(14,15)16/h2-3,6,9,17H,4-5,7-8H2,1H3. The molecule has 134 valence electrons. The Morgan fingerprint density at radius 2 is 2.08 bits per heavy atom. The van der Waals surface area contributed by atoms with Gasteiger partial charge in [-0.15, -0.1) is 0 Å². The van der Waals surface area contributed by atoms with Crippen molar-refractivity contribution in [1.29, 1.82) is 0 Å². The average molecular weight is 367 g/mol. The molecule has 0 radical (unpaired) electrons. The number of nitrogens with one attached hydrogen (secondary N) is 1. The third kappa shape index (κ3) is 4.81. The highest BCUT2D eigenvalue weighted by Gasteiger charge is 2.34. The molecule has 1 aliphatic rings. The van der Waals surface area contributed by atoms with E-state index in [1.54, 1.807) is 0 Å². The smallest absolute Gasteiger partial charge is 0.380 e. The number of non-ortho nitro benzene ring substituents is 1. The topological polar surface area (TPSA) is 92.5 Å². The van der Waals surface area contributed by atoms with Crippen LogP contribution in [-0.4, -0.2) is 56.3 Å². The number of halogens is 3. The summed E-state index contributed by atoms with van der Waals surface area (Å²) >= 11 is 0. The minimum Gasteiger partial charge on any atom is -0.380 e. The van der Waals surface area contributed by atoms with Gasteiger partial charge in [0.15, 0.2) is 9.84 Å². The Morgan fingerprint density at radius 1 is 1.42 bits per heavy atom. The van der Waals surface area contributed by atoms with Crippen LogP contribution in [0.15, 0.2) is 23.1 Å². The number of benzene rings is 1. The van der Waals surface area contributed by atoms with Crippen molar-refractivity contribution in [2.24, 2.45) is 0 Å². The molecule has 1 aromatic rings. The molecule has 1 fully saturated rings. The molecule has 1 atom stereocenters. The minimum atomic E-state index is -4.29. The number of sulfone groups is 1.